The van der Waals surface area contributed by atoms with Crippen LogP contribution in [0.2, 0.25) is 10.0 Å². The fraction of sp³-hybridized carbons (Fsp3) is 0.500. The van der Waals surface area contributed by atoms with Gasteiger partial charge in [0.25, 0.3) is 0 Å². The van der Waals surface area contributed by atoms with E-state index in [9.17, 15) is 13.2 Å². The Bertz CT molecular complexity index is 1040. The maximum Gasteiger partial charge on any atom is 0.244 e. The third kappa shape index (κ3) is 4.37. The Morgan fingerprint density at radius 3 is 2.53 bits per heavy atom. The highest BCUT2D eigenvalue weighted by Crippen LogP contribution is 2.40. The number of hydrogen-bond donors (Lipinski definition) is 1. The largest absolute Gasteiger partial charge is 0.311 e. The number of hydrogen-bond acceptors (Lipinski definition) is 4. The van der Waals surface area contributed by atoms with E-state index in [4.69, 9.17) is 23.2 Å². The van der Waals surface area contributed by atoms with Gasteiger partial charge in [-0.2, -0.15) is 9.40 Å². The van der Waals surface area contributed by atoms with Crippen LogP contribution in [0.4, 0.5) is 5.82 Å². The molecular weight excluding hydrogens is 447 g/mol. The molecule has 0 spiro atoms. The molecule has 2 aromatic rings. The molecule has 2 heterocycles. The molecule has 1 unspecified atom stereocenters. The minimum atomic E-state index is -3.76. The molecule has 2 fully saturated rings. The van der Waals surface area contributed by atoms with Gasteiger partial charge < -0.3 is 5.32 Å². The lowest BCUT2D eigenvalue weighted by atomic mass is 9.97. The summed E-state index contributed by atoms with van der Waals surface area (Å²) in [6.45, 7) is 2.62. The lowest BCUT2D eigenvalue weighted by Crippen LogP contribution is -2.41. The number of carbonyl (C=O) groups excluding carboxylic acids is 1. The number of nitrogens with zero attached hydrogens (tertiary/aromatic N) is 3. The van der Waals surface area contributed by atoms with Gasteiger partial charge in [-0.15, -0.1) is 0 Å². The zero-order valence-corrected chi connectivity index (χ0v) is 18.9. The SMILES string of the molecule is CC(C1CC1)n1nccc1NC(=O)C1CCN(S(=O)(=O)c2cc(Cl)ccc2Cl)CC1. The minimum absolute atomic E-state index is 0.00228. The second-order valence-corrected chi connectivity index (χ2v) is 10.7. The first kappa shape index (κ1) is 21.6. The van der Waals surface area contributed by atoms with Gasteiger partial charge in [-0.1, -0.05) is 23.2 Å². The van der Waals surface area contributed by atoms with Crippen LogP contribution >= 0.6 is 23.2 Å². The third-order valence-corrected chi connectivity index (χ3v) is 8.56. The number of nitrogens with one attached hydrogen (secondary N) is 1. The van der Waals surface area contributed by atoms with Crippen LogP contribution in [0.3, 0.4) is 0 Å². The Kier molecular flexibility index (Phi) is 6.12. The molecule has 7 nitrogen and oxygen atoms in total. The average molecular weight is 471 g/mol. The first-order valence-corrected chi connectivity index (χ1v) is 12.3. The molecule has 0 radical (unpaired) electrons. The van der Waals surface area contributed by atoms with E-state index in [2.05, 4.69) is 17.3 Å². The Balaban J connectivity index is 1.39. The highest BCUT2D eigenvalue weighted by Gasteiger charge is 2.34. The fourth-order valence-corrected chi connectivity index (χ4v) is 6.12. The van der Waals surface area contributed by atoms with E-state index >= 15 is 0 Å². The standard InChI is InChI=1S/C20H24Cl2N4O3S/c1-13(14-2-3-14)26-19(6-9-23-26)24-20(27)15-7-10-25(11-8-15)30(28,29)18-12-16(21)4-5-17(18)22/h4-6,9,12-15H,2-3,7-8,10-11H2,1H3,(H,24,27). The van der Waals surface area contributed by atoms with Crippen LogP contribution in [-0.4, -0.2) is 41.5 Å². The smallest absolute Gasteiger partial charge is 0.244 e. The molecule has 1 atom stereocenters. The second kappa shape index (κ2) is 8.49. The van der Waals surface area contributed by atoms with Crippen LogP contribution < -0.4 is 5.32 Å². The first-order valence-electron chi connectivity index (χ1n) is 10.1. The first-order chi connectivity index (χ1) is 14.3. The summed E-state index contributed by atoms with van der Waals surface area (Å²) in [6.07, 6.45) is 4.96. The van der Waals surface area contributed by atoms with Gasteiger partial charge in [0, 0.05) is 30.1 Å². The van der Waals surface area contributed by atoms with Gasteiger partial charge in [0.2, 0.25) is 15.9 Å². The quantitative estimate of drug-likeness (QED) is 0.685. The fourth-order valence-electron chi connectivity index (χ4n) is 3.92. The topological polar surface area (TPSA) is 84.3 Å². The highest BCUT2D eigenvalue weighted by molar-refractivity contribution is 7.89. The summed E-state index contributed by atoms with van der Waals surface area (Å²) in [5.41, 5.74) is 0. The van der Waals surface area contributed by atoms with Crippen molar-refractivity contribution in [2.24, 2.45) is 11.8 Å². The number of amides is 1. The van der Waals surface area contributed by atoms with Crippen LogP contribution in [0, 0.1) is 11.8 Å². The lowest BCUT2D eigenvalue weighted by Gasteiger charge is -2.31. The lowest BCUT2D eigenvalue weighted by molar-refractivity contribution is -0.121. The van der Waals surface area contributed by atoms with Crippen molar-refractivity contribution in [3.63, 3.8) is 0 Å². The van der Waals surface area contributed by atoms with Gasteiger partial charge in [-0.25, -0.2) is 13.1 Å². The molecule has 4 rings (SSSR count). The summed E-state index contributed by atoms with van der Waals surface area (Å²) >= 11 is 12.0. The molecule has 1 N–H and O–H groups in total. The number of halogens is 2. The van der Waals surface area contributed by atoms with E-state index in [1.807, 2.05) is 4.68 Å². The number of aromatic nitrogens is 2. The van der Waals surface area contributed by atoms with Gasteiger partial charge in [0.05, 0.1) is 17.3 Å². The minimum Gasteiger partial charge on any atom is -0.311 e. The van der Waals surface area contributed by atoms with E-state index in [1.165, 1.54) is 29.3 Å². The van der Waals surface area contributed by atoms with Crippen molar-refractivity contribution in [2.75, 3.05) is 18.4 Å². The van der Waals surface area contributed by atoms with Crippen LogP contribution in [0.25, 0.3) is 0 Å². The predicted molar refractivity (Wildman–Crippen MR) is 116 cm³/mol. The maximum atomic E-state index is 13.0. The molecule has 1 aliphatic heterocycles. The number of anilines is 1. The monoisotopic (exact) mass is 470 g/mol. The maximum absolute atomic E-state index is 13.0. The highest BCUT2D eigenvalue weighted by atomic mass is 35.5. The van der Waals surface area contributed by atoms with E-state index in [1.54, 1.807) is 18.3 Å². The summed E-state index contributed by atoms with van der Waals surface area (Å²) < 4.78 is 29.1. The summed E-state index contributed by atoms with van der Waals surface area (Å²) in [5, 5.41) is 7.79. The number of sulfonamides is 1. The van der Waals surface area contributed by atoms with Gasteiger partial charge >= 0.3 is 0 Å². The molecule has 1 aromatic heterocycles. The molecule has 1 aromatic carbocycles. The zero-order chi connectivity index (χ0) is 21.5. The molecular formula is C20H24Cl2N4O3S. The van der Waals surface area contributed by atoms with Crippen LogP contribution in [0.5, 0.6) is 0 Å². The number of benzene rings is 1. The second-order valence-electron chi connectivity index (χ2n) is 7.98. The Morgan fingerprint density at radius 2 is 1.87 bits per heavy atom. The molecule has 2 aliphatic rings. The van der Waals surface area contributed by atoms with Crippen molar-refractivity contribution in [1.29, 1.82) is 0 Å². The van der Waals surface area contributed by atoms with E-state index < -0.39 is 10.0 Å². The predicted octanol–water partition coefficient (Wildman–Crippen LogP) is 4.20. The Hall–Kier alpha value is -1.61. The molecule has 162 valence electrons. The number of rotatable bonds is 6. The van der Waals surface area contributed by atoms with Gasteiger partial charge in [-0.05, 0) is 56.7 Å². The number of carbonyl (C=O) groups is 1. The Morgan fingerprint density at radius 1 is 1.17 bits per heavy atom. The summed E-state index contributed by atoms with van der Waals surface area (Å²) in [7, 11) is -3.76. The molecule has 30 heavy (non-hydrogen) atoms. The van der Waals surface area contributed by atoms with Crippen molar-refractivity contribution in [3.05, 3.63) is 40.5 Å². The van der Waals surface area contributed by atoms with Crippen molar-refractivity contribution < 1.29 is 13.2 Å². The molecule has 1 saturated heterocycles. The molecule has 1 aliphatic carbocycles. The van der Waals surface area contributed by atoms with Gasteiger partial charge in [0.1, 0.15) is 10.7 Å². The van der Waals surface area contributed by atoms with Crippen molar-refractivity contribution in [2.45, 2.75) is 43.5 Å². The molecule has 0 bridgehead atoms. The van der Waals surface area contributed by atoms with Gasteiger partial charge in [0.15, 0.2) is 0 Å². The summed E-state index contributed by atoms with van der Waals surface area (Å²) in [6, 6.07) is 6.44. The van der Waals surface area contributed by atoms with E-state index in [-0.39, 0.29) is 40.9 Å². The molecule has 10 heteroatoms. The van der Waals surface area contributed by atoms with Crippen molar-refractivity contribution >= 4 is 45.0 Å². The van der Waals surface area contributed by atoms with E-state index in [0.29, 0.717) is 29.6 Å². The van der Waals surface area contributed by atoms with Crippen LogP contribution in [-0.2, 0) is 14.8 Å². The zero-order valence-electron chi connectivity index (χ0n) is 16.6. The molecule has 1 saturated carbocycles. The van der Waals surface area contributed by atoms with E-state index in [0.717, 1.165) is 0 Å². The summed E-state index contributed by atoms with van der Waals surface area (Å²) in [5.74, 6) is 0.955. The van der Waals surface area contributed by atoms with Crippen LogP contribution in [0.15, 0.2) is 35.4 Å². The normalized spacial score (nSPS) is 19.6. The molecule has 1 amide bonds. The Labute approximate surface area is 186 Å². The van der Waals surface area contributed by atoms with Crippen LogP contribution in [0.1, 0.15) is 38.6 Å². The average Bonchev–Trinajstić information content (AvgIpc) is 3.48. The van der Waals surface area contributed by atoms with Gasteiger partial charge in [-0.3, -0.25) is 4.79 Å². The van der Waals surface area contributed by atoms with Crippen molar-refractivity contribution in [3.8, 4) is 0 Å². The van der Waals surface area contributed by atoms with Crippen molar-refractivity contribution in [1.82, 2.24) is 14.1 Å². The third-order valence-electron chi connectivity index (χ3n) is 5.95. The summed E-state index contributed by atoms with van der Waals surface area (Å²) in [4.78, 5) is 12.8. The number of piperidine rings is 1.